The summed E-state index contributed by atoms with van der Waals surface area (Å²) in [5, 5.41) is 6.46. The smallest absolute Gasteiger partial charge is 0.228 e. The number of benzene rings is 2. The van der Waals surface area contributed by atoms with Crippen molar-refractivity contribution < 1.29 is 9.59 Å². The van der Waals surface area contributed by atoms with E-state index in [0.717, 1.165) is 22.5 Å². The molecular formula is C28H32N2O2. The molecule has 0 unspecified atom stereocenters. The first-order valence-corrected chi connectivity index (χ1v) is 12.5. The summed E-state index contributed by atoms with van der Waals surface area (Å²) < 4.78 is 0. The molecule has 6 rings (SSSR count). The first-order chi connectivity index (χ1) is 15.7. The average Bonchev–Trinajstić information content (AvgIpc) is 3.72. The minimum Gasteiger partial charge on any atom is -0.325 e. The van der Waals surface area contributed by atoms with E-state index in [0.29, 0.717) is 23.7 Å². The van der Waals surface area contributed by atoms with Gasteiger partial charge in [0.2, 0.25) is 11.8 Å². The van der Waals surface area contributed by atoms with E-state index >= 15 is 0 Å². The average molecular weight is 429 g/mol. The Hall–Kier alpha value is -2.62. The first kappa shape index (κ1) is 20.0. The van der Waals surface area contributed by atoms with Crippen LogP contribution in [0.15, 0.2) is 48.5 Å². The van der Waals surface area contributed by atoms with Gasteiger partial charge >= 0.3 is 0 Å². The summed E-state index contributed by atoms with van der Waals surface area (Å²) >= 11 is 0. The van der Waals surface area contributed by atoms with Crippen LogP contribution in [0.5, 0.6) is 0 Å². The van der Waals surface area contributed by atoms with Gasteiger partial charge in [-0.05, 0) is 61.5 Å². The fourth-order valence-corrected chi connectivity index (χ4v) is 6.85. The van der Waals surface area contributed by atoms with Crippen LogP contribution in [0.1, 0.15) is 51.4 Å². The lowest BCUT2D eigenvalue weighted by Gasteiger charge is -2.15. The van der Waals surface area contributed by atoms with Gasteiger partial charge < -0.3 is 10.6 Å². The molecule has 0 aliphatic heterocycles. The Morgan fingerprint density at radius 3 is 1.28 bits per heavy atom. The minimum atomic E-state index is 0.165. The molecule has 0 heterocycles. The van der Waals surface area contributed by atoms with E-state index in [9.17, 15) is 9.59 Å². The van der Waals surface area contributed by atoms with Crippen LogP contribution in [0.2, 0.25) is 0 Å². The van der Waals surface area contributed by atoms with Crippen molar-refractivity contribution in [3.8, 4) is 11.1 Å². The lowest BCUT2D eigenvalue weighted by Crippen LogP contribution is -2.17. The fraction of sp³-hybridized carbons (Fsp3) is 0.500. The van der Waals surface area contributed by atoms with Crippen molar-refractivity contribution in [3.63, 3.8) is 0 Å². The van der Waals surface area contributed by atoms with Gasteiger partial charge in [-0.2, -0.15) is 0 Å². The lowest BCUT2D eigenvalue weighted by molar-refractivity contribution is -0.118. The molecule has 4 nitrogen and oxygen atoms in total. The molecule has 0 aromatic heterocycles. The van der Waals surface area contributed by atoms with Crippen LogP contribution in [-0.2, 0) is 9.59 Å². The molecule has 166 valence electrons. The summed E-state index contributed by atoms with van der Waals surface area (Å²) in [5.74, 6) is 3.04. The molecule has 4 fully saturated rings. The molecule has 2 N–H and O–H groups in total. The number of anilines is 2. The van der Waals surface area contributed by atoms with Crippen LogP contribution < -0.4 is 10.6 Å². The second-order valence-electron chi connectivity index (χ2n) is 10.3. The Bertz CT molecular complexity index is 940. The predicted octanol–water partition coefficient (Wildman–Crippen LogP) is 6.10. The van der Waals surface area contributed by atoms with Crippen molar-refractivity contribution in [2.24, 2.45) is 35.5 Å². The molecule has 4 aliphatic rings. The molecule has 32 heavy (non-hydrogen) atoms. The van der Waals surface area contributed by atoms with Crippen LogP contribution in [0.4, 0.5) is 11.4 Å². The number of hydrogen-bond acceptors (Lipinski definition) is 2. The summed E-state index contributed by atoms with van der Waals surface area (Å²) in [5.41, 5.74) is 3.60. The predicted molar refractivity (Wildman–Crippen MR) is 127 cm³/mol. The monoisotopic (exact) mass is 428 g/mol. The zero-order chi connectivity index (χ0) is 21.7. The number of carbonyl (C=O) groups is 2. The number of fused-ring (bicyclic) bond motifs is 2. The topological polar surface area (TPSA) is 58.2 Å². The van der Waals surface area contributed by atoms with Crippen LogP contribution in [0.25, 0.3) is 11.1 Å². The number of para-hydroxylation sites is 2. The normalized spacial score (nSPS) is 32.2. The summed E-state index contributed by atoms with van der Waals surface area (Å²) in [6, 6.07) is 16.0. The number of amides is 2. The van der Waals surface area contributed by atoms with Crippen molar-refractivity contribution in [3.05, 3.63) is 48.5 Å². The van der Waals surface area contributed by atoms with E-state index in [1.165, 1.54) is 51.4 Å². The summed E-state index contributed by atoms with van der Waals surface area (Å²) in [6.07, 6.45) is 9.83. The Balaban J connectivity index is 1.22. The molecule has 4 saturated carbocycles. The molecule has 2 amide bonds. The third-order valence-corrected chi connectivity index (χ3v) is 8.58. The minimum absolute atomic E-state index is 0.165. The van der Waals surface area contributed by atoms with E-state index in [4.69, 9.17) is 0 Å². The number of hydrogen-bond donors (Lipinski definition) is 2. The second kappa shape index (κ2) is 8.06. The Kier molecular flexibility index (Phi) is 5.04. The molecule has 4 aliphatic carbocycles. The van der Waals surface area contributed by atoms with Crippen LogP contribution in [0.3, 0.4) is 0 Å². The third kappa shape index (κ3) is 3.54. The van der Waals surface area contributed by atoms with Crippen molar-refractivity contribution in [2.45, 2.75) is 51.4 Å². The molecule has 4 heteroatoms. The number of rotatable bonds is 5. The zero-order valence-electron chi connectivity index (χ0n) is 18.6. The van der Waals surface area contributed by atoms with Gasteiger partial charge in [0.25, 0.3) is 0 Å². The molecule has 4 atom stereocenters. The number of nitrogens with one attached hydrogen (secondary N) is 2. The SMILES string of the molecule is O=C(Nc1ccccc1-c1ccccc1NC(=O)C1[C@@H]2CCCC[C@@H]12)C1[C@@H]2CCCC[C@@H]12. The Morgan fingerprint density at radius 1 is 0.562 bits per heavy atom. The lowest BCUT2D eigenvalue weighted by atomic mass is 10.0. The highest BCUT2D eigenvalue weighted by molar-refractivity contribution is 6.02. The first-order valence-electron chi connectivity index (χ1n) is 12.5. The van der Waals surface area contributed by atoms with Gasteiger partial charge in [0, 0.05) is 34.3 Å². The van der Waals surface area contributed by atoms with Crippen molar-refractivity contribution in [1.82, 2.24) is 0 Å². The van der Waals surface area contributed by atoms with E-state index in [1.54, 1.807) is 0 Å². The summed E-state index contributed by atoms with van der Waals surface area (Å²) in [7, 11) is 0. The van der Waals surface area contributed by atoms with Crippen molar-refractivity contribution in [1.29, 1.82) is 0 Å². The molecule has 0 bridgehead atoms. The molecule has 0 radical (unpaired) electrons. The fourth-order valence-electron chi connectivity index (χ4n) is 6.85. The third-order valence-electron chi connectivity index (χ3n) is 8.58. The van der Waals surface area contributed by atoms with E-state index in [2.05, 4.69) is 10.6 Å². The van der Waals surface area contributed by atoms with E-state index < -0.39 is 0 Å². The molecule has 2 aromatic rings. The highest BCUT2D eigenvalue weighted by atomic mass is 16.2. The van der Waals surface area contributed by atoms with Gasteiger partial charge in [0.05, 0.1) is 0 Å². The molecule has 2 aromatic carbocycles. The van der Waals surface area contributed by atoms with E-state index in [-0.39, 0.29) is 23.7 Å². The standard InChI is InChI=1S/C28H32N2O2/c31-27(25-19-11-1-2-12-20(19)25)29-23-15-7-5-9-17(23)18-10-6-8-16-24(18)30-28(32)26-21-13-3-4-14-22(21)26/h5-10,15-16,19-22,25-26H,1-4,11-14H2,(H,29,31)(H,30,32)/t19-,20-,21-,22-/m1/s1. The van der Waals surface area contributed by atoms with Crippen LogP contribution in [-0.4, -0.2) is 11.8 Å². The van der Waals surface area contributed by atoms with Crippen LogP contribution >= 0.6 is 0 Å². The van der Waals surface area contributed by atoms with Crippen molar-refractivity contribution >= 4 is 23.2 Å². The van der Waals surface area contributed by atoms with Crippen LogP contribution in [0, 0.1) is 35.5 Å². The highest BCUT2D eigenvalue weighted by Gasteiger charge is 2.55. The van der Waals surface area contributed by atoms with Gasteiger partial charge in [-0.25, -0.2) is 0 Å². The molecule has 0 saturated heterocycles. The van der Waals surface area contributed by atoms with Gasteiger partial charge in [-0.3, -0.25) is 9.59 Å². The maximum absolute atomic E-state index is 13.0. The van der Waals surface area contributed by atoms with E-state index in [1.807, 2.05) is 48.5 Å². The maximum atomic E-state index is 13.0. The summed E-state index contributed by atoms with van der Waals surface area (Å²) in [6.45, 7) is 0. The maximum Gasteiger partial charge on any atom is 0.228 e. The summed E-state index contributed by atoms with van der Waals surface area (Å²) in [4.78, 5) is 26.1. The Labute approximate surface area is 190 Å². The molecule has 0 spiro atoms. The van der Waals surface area contributed by atoms with Crippen molar-refractivity contribution in [2.75, 3.05) is 10.6 Å². The van der Waals surface area contributed by atoms with Gasteiger partial charge in [-0.1, -0.05) is 62.1 Å². The number of carbonyl (C=O) groups excluding carboxylic acids is 2. The van der Waals surface area contributed by atoms with Gasteiger partial charge in [0.1, 0.15) is 0 Å². The van der Waals surface area contributed by atoms with Gasteiger partial charge in [0.15, 0.2) is 0 Å². The quantitative estimate of drug-likeness (QED) is 0.604. The molecular weight excluding hydrogens is 396 g/mol. The largest absolute Gasteiger partial charge is 0.325 e. The second-order valence-corrected chi connectivity index (χ2v) is 10.3. The highest BCUT2D eigenvalue weighted by Crippen LogP contribution is 2.56. The Morgan fingerprint density at radius 2 is 0.906 bits per heavy atom. The van der Waals surface area contributed by atoms with Gasteiger partial charge in [-0.15, -0.1) is 0 Å². The zero-order valence-corrected chi connectivity index (χ0v) is 18.6.